The lowest BCUT2D eigenvalue weighted by atomic mass is 10.4. The standard InChI is InChI=1S/C13H23N5O2/c1-4-5-15-11-8-12(16-7-6-14-10(2)19)18-13(17-11)9-20-3/h8H,4-7,9H2,1-3H3,(H,14,19)(H2,15,16,17,18). The maximum absolute atomic E-state index is 10.8. The topological polar surface area (TPSA) is 88.2 Å². The van der Waals surface area contributed by atoms with E-state index in [1.807, 2.05) is 6.07 Å². The lowest BCUT2D eigenvalue weighted by Gasteiger charge is -2.11. The Bertz CT molecular complexity index is 425. The van der Waals surface area contributed by atoms with Crippen LogP contribution in [0.25, 0.3) is 0 Å². The first kappa shape index (κ1) is 16.2. The van der Waals surface area contributed by atoms with Gasteiger partial charge in [0.25, 0.3) is 0 Å². The highest BCUT2D eigenvalue weighted by Crippen LogP contribution is 2.11. The minimum atomic E-state index is -0.0418. The molecule has 0 saturated heterocycles. The quantitative estimate of drug-likeness (QED) is 0.585. The van der Waals surface area contributed by atoms with Crippen LogP contribution in [0.5, 0.6) is 0 Å². The third kappa shape index (κ3) is 6.33. The van der Waals surface area contributed by atoms with Gasteiger partial charge in [-0.15, -0.1) is 0 Å². The van der Waals surface area contributed by atoms with Gasteiger partial charge in [-0.1, -0.05) is 6.92 Å². The van der Waals surface area contributed by atoms with Crippen molar-refractivity contribution in [2.24, 2.45) is 0 Å². The molecule has 1 amide bonds. The molecule has 7 nitrogen and oxygen atoms in total. The van der Waals surface area contributed by atoms with Gasteiger partial charge in [-0.3, -0.25) is 4.79 Å². The number of carbonyl (C=O) groups is 1. The molecule has 0 bridgehead atoms. The number of nitrogens with zero attached hydrogens (tertiary/aromatic N) is 2. The van der Waals surface area contributed by atoms with Crippen molar-refractivity contribution in [1.29, 1.82) is 0 Å². The Morgan fingerprint density at radius 3 is 2.40 bits per heavy atom. The summed E-state index contributed by atoms with van der Waals surface area (Å²) in [5.74, 6) is 2.07. The van der Waals surface area contributed by atoms with Crippen LogP contribution in [0.3, 0.4) is 0 Å². The number of amides is 1. The molecule has 0 spiro atoms. The number of methoxy groups -OCH3 is 1. The van der Waals surface area contributed by atoms with E-state index < -0.39 is 0 Å². The second-order valence-corrected chi connectivity index (χ2v) is 4.32. The van der Waals surface area contributed by atoms with Gasteiger partial charge in [0.05, 0.1) is 0 Å². The van der Waals surface area contributed by atoms with Crippen LogP contribution in [-0.4, -0.2) is 42.6 Å². The summed E-state index contributed by atoms with van der Waals surface area (Å²) < 4.78 is 5.06. The number of aromatic nitrogens is 2. The molecule has 1 aromatic heterocycles. The third-order valence-corrected chi connectivity index (χ3v) is 2.41. The van der Waals surface area contributed by atoms with E-state index >= 15 is 0 Å². The van der Waals surface area contributed by atoms with Crippen LogP contribution < -0.4 is 16.0 Å². The van der Waals surface area contributed by atoms with Gasteiger partial charge in [-0.2, -0.15) is 0 Å². The van der Waals surface area contributed by atoms with Crippen LogP contribution in [0.15, 0.2) is 6.07 Å². The van der Waals surface area contributed by atoms with Crippen molar-refractivity contribution in [2.75, 3.05) is 37.4 Å². The monoisotopic (exact) mass is 281 g/mol. The molecular weight excluding hydrogens is 258 g/mol. The van der Waals surface area contributed by atoms with E-state index in [0.29, 0.717) is 25.5 Å². The van der Waals surface area contributed by atoms with E-state index in [4.69, 9.17) is 4.74 Å². The van der Waals surface area contributed by atoms with Gasteiger partial charge in [0.1, 0.15) is 18.2 Å². The number of anilines is 2. The van der Waals surface area contributed by atoms with Gasteiger partial charge >= 0.3 is 0 Å². The largest absolute Gasteiger partial charge is 0.377 e. The van der Waals surface area contributed by atoms with E-state index in [1.165, 1.54) is 6.92 Å². The highest BCUT2D eigenvalue weighted by molar-refractivity contribution is 5.72. The van der Waals surface area contributed by atoms with E-state index in [1.54, 1.807) is 7.11 Å². The Kier molecular flexibility index (Phi) is 7.34. The molecule has 1 rings (SSSR count). The summed E-state index contributed by atoms with van der Waals surface area (Å²) >= 11 is 0. The first-order valence-corrected chi connectivity index (χ1v) is 6.74. The van der Waals surface area contributed by atoms with Crippen molar-refractivity contribution >= 4 is 17.5 Å². The zero-order chi connectivity index (χ0) is 14.8. The van der Waals surface area contributed by atoms with Crippen molar-refractivity contribution in [3.8, 4) is 0 Å². The maximum Gasteiger partial charge on any atom is 0.216 e. The molecule has 1 aromatic rings. The Morgan fingerprint density at radius 1 is 1.20 bits per heavy atom. The number of rotatable bonds is 9. The van der Waals surface area contributed by atoms with Crippen LogP contribution in [0.2, 0.25) is 0 Å². The van der Waals surface area contributed by atoms with Crippen molar-refractivity contribution in [3.05, 3.63) is 11.9 Å². The molecule has 7 heteroatoms. The Morgan fingerprint density at radius 2 is 1.85 bits per heavy atom. The van der Waals surface area contributed by atoms with Crippen LogP contribution in [0.1, 0.15) is 26.1 Å². The number of nitrogens with one attached hydrogen (secondary N) is 3. The molecule has 0 radical (unpaired) electrons. The third-order valence-electron chi connectivity index (χ3n) is 2.41. The smallest absolute Gasteiger partial charge is 0.216 e. The van der Waals surface area contributed by atoms with Crippen LogP contribution in [0.4, 0.5) is 11.6 Å². The number of carbonyl (C=O) groups excluding carboxylic acids is 1. The lowest BCUT2D eigenvalue weighted by molar-refractivity contribution is -0.118. The average Bonchev–Trinajstić information content (AvgIpc) is 2.41. The predicted octanol–water partition coefficient (Wildman–Crippen LogP) is 0.993. The van der Waals surface area contributed by atoms with Crippen molar-refractivity contribution in [3.63, 3.8) is 0 Å². The number of hydrogen-bond acceptors (Lipinski definition) is 6. The highest BCUT2D eigenvalue weighted by atomic mass is 16.5. The fourth-order valence-electron chi connectivity index (χ4n) is 1.55. The molecule has 3 N–H and O–H groups in total. The molecule has 112 valence electrons. The van der Waals surface area contributed by atoms with Gasteiger partial charge in [-0.05, 0) is 6.42 Å². The number of ether oxygens (including phenoxy) is 1. The summed E-state index contributed by atoms with van der Waals surface area (Å²) in [5, 5.41) is 9.10. The van der Waals surface area contributed by atoms with Crippen molar-refractivity contribution in [2.45, 2.75) is 26.9 Å². The minimum absolute atomic E-state index is 0.0418. The molecule has 0 aliphatic carbocycles. The Balaban J connectivity index is 2.62. The van der Waals surface area contributed by atoms with Gasteiger partial charge < -0.3 is 20.7 Å². The molecule has 0 aromatic carbocycles. The summed E-state index contributed by atoms with van der Waals surface area (Å²) in [4.78, 5) is 19.5. The van der Waals surface area contributed by atoms with E-state index in [9.17, 15) is 4.79 Å². The van der Waals surface area contributed by atoms with Gasteiger partial charge in [0.2, 0.25) is 5.91 Å². The lowest BCUT2D eigenvalue weighted by Crippen LogP contribution is -2.26. The predicted molar refractivity (Wildman–Crippen MR) is 78.7 cm³/mol. The second-order valence-electron chi connectivity index (χ2n) is 4.32. The maximum atomic E-state index is 10.8. The normalized spacial score (nSPS) is 10.2. The summed E-state index contributed by atoms with van der Waals surface area (Å²) in [6.07, 6.45) is 1.02. The van der Waals surface area contributed by atoms with Gasteiger partial charge in [0, 0.05) is 39.7 Å². The fraction of sp³-hybridized carbons (Fsp3) is 0.615. The number of hydrogen-bond donors (Lipinski definition) is 3. The van der Waals surface area contributed by atoms with E-state index in [2.05, 4.69) is 32.8 Å². The van der Waals surface area contributed by atoms with Crippen molar-refractivity contribution in [1.82, 2.24) is 15.3 Å². The molecule has 20 heavy (non-hydrogen) atoms. The minimum Gasteiger partial charge on any atom is -0.377 e. The molecule has 1 heterocycles. The fourth-order valence-corrected chi connectivity index (χ4v) is 1.55. The zero-order valence-corrected chi connectivity index (χ0v) is 12.3. The summed E-state index contributed by atoms with van der Waals surface area (Å²) in [6, 6.07) is 1.85. The molecule has 0 aliphatic heterocycles. The average molecular weight is 281 g/mol. The molecular formula is C13H23N5O2. The summed E-state index contributed by atoms with van der Waals surface area (Å²) in [7, 11) is 1.61. The second kappa shape index (κ2) is 9.08. The summed E-state index contributed by atoms with van der Waals surface area (Å²) in [5.41, 5.74) is 0. The zero-order valence-electron chi connectivity index (χ0n) is 12.3. The van der Waals surface area contributed by atoms with Crippen molar-refractivity contribution < 1.29 is 9.53 Å². The first-order valence-electron chi connectivity index (χ1n) is 6.74. The molecule has 0 aliphatic rings. The van der Waals surface area contributed by atoms with E-state index in [-0.39, 0.29) is 5.91 Å². The van der Waals surface area contributed by atoms with Crippen LogP contribution >= 0.6 is 0 Å². The molecule has 0 atom stereocenters. The first-order chi connectivity index (χ1) is 9.65. The van der Waals surface area contributed by atoms with Gasteiger partial charge in [0.15, 0.2) is 5.82 Å². The highest BCUT2D eigenvalue weighted by Gasteiger charge is 2.04. The molecule has 0 saturated carbocycles. The molecule has 0 unspecified atom stereocenters. The SMILES string of the molecule is CCCNc1cc(NCCNC(C)=O)nc(COC)n1. The van der Waals surface area contributed by atoms with Crippen LogP contribution in [-0.2, 0) is 16.1 Å². The van der Waals surface area contributed by atoms with Crippen LogP contribution in [0, 0.1) is 0 Å². The van der Waals surface area contributed by atoms with E-state index in [0.717, 1.165) is 24.6 Å². The summed E-state index contributed by atoms with van der Waals surface area (Å²) in [6.45, 7) is 5.97. The Labute approximate surface area is 119 Å². The molecule has 0 fully saturated rings. The van der Waals surface area contributed by atoms with Gasteiger partial charge in [-0.25, -0.2) is 9.97 Å². The Hall–Kier alpha value is -1.89.